The number of hydrogen-bond acceptors (Lipinski definition) is 7. The fraction of sp³-hybridized carbons (Fsp3) is 0.143. The number of nitrogens with zero attached hydrogens (tertiary/aromatic N) is 3. The highest BCUT2D eigenvalue weighted by Crippen LogP contribution is 2.12. The Morgan fingerprint density at radius 3 is 2.68 bits per heavy atom. The summed E-state index contributed by atoms with van der Waals surface area (Å²) in [6, 6.07) is 4.97. The largest absolute Gasteiger partial charge is 0.452 e. The topological polar surface area (TPSA) is 145 Å². The van der Waals surface area contributed by atoms with Gasteiger partial charge in [-0.2, -0.15) is 5.10 Å². The van der Waals surface area contributed by atoms with Gasteiger partial charge in [0.2, 0.25) is 0 Å². The fourth-order valence-electron chi connectivity index (χ4n) is 1.74. The summed E-state index contributed by atoms with van der Waals surface area (Å²) >= 11 is 0. The highest BCUT2D eigenvalue weighted by molar-refractivity contribution is 5.96. The highest BCUT2D eigenvalue weighted by atomic mass is 16.6. The number of nitro groups is 1. The molecule has 25 heavy (non-hydrogen) atoms. The van der Waals surface area contributed by atoms with Crippen LogP contribution in [0.4, 0.5) is 5.69 Å². The number of non-ortho nitro benzene ring substituents is 1. The van der Waals surface area contributed by atoms with Crippen molar-refractivity contribution in [3.63, 3.8) is 0 Å². The minimum Gasteiger partial charge on any atom is -0.452 e. The van der Waals surface area contributed by atoms with Crippen molar-refractivity contribution in [2.24, 2.45) is 7.05 Å². The number of carbonyl (C=O) groups excluding carboxylic acids is 3. The summed E-state index contributed by atoms with van der Waals surface area (Å²) in [5, 5.41) is 14.4. The Bertz CT molecular complexity index is 831. The second kappa shape index (κ2) is 7.68. The van der Waals surface area contributed by atoms with Gasteiger partial charge in [0.15, 0.2) is 6.61 Å². The van der Waals surface area contributed by atoms with Crippen LogP contribution in [0.15, 0.2) is 36.7 Å². The molecule has 2 aromatic rings. The third-order valence-corrected chi connectivity index (χ3v) is 2.91. The van der Waals surface area contributed by atoms with E-state index in [1.165, 1.54) is 35.3 Å². The number of benzene rings is 1. The van der Waals surface area contributed by atoms with Crippen molar-refractivity contribution < 1.29 is 24.0 Å². The number of hydrazine groups is 1. The first-order valence-electron chi connectivity index (χ1n) is 6.86. The second-order valence-corrected chi connectivity index (χ2v) is 4.79. The van der Waals surface area contributed by atoms with E-state index in [0.717, 1.165) is 6.07 Å². The third kappa shape index (κ3) is 4.86. The summed E-state index contributed by atoms with van der Waals surface area (Å²) in [5.41, 5.74) is 4.00. The van der Waals surface area contributed by atoms with E-state index in [1.54, 1.807) is 7.05 Å². The number of aromatic nitrogens is 2. The summed E-state index contributed by atoms with van der Waals surface area (Å²) in [5.74, 6) is -2.28. The van der Waals surface area contributed by atoms with Crippen LogP contribution in [0.25, 0.3) is 0 Å². The molecule has 0 aliphatic rings. The second-order valence-electron chi connectivity index (χ2n) is 4.79. The number of esters is 1. The van der Waals surface area contributed by atoms with Crippen LogP contribution >= 0.6 is 0 Å². The van der Waals surface area contributed by atoms with Gasteiger partial charge in [0.25, 0.3) is 17.5 Å². The predicted molar refractivity (Wildman–Crippen MR) is 82.2 cm³/mol. The molecular formula is C14H13N5O6. The van der Waals surface area contributed by atoms with Crippen molar-refractivity contribution in [3.8, 4) is 0 Å². The average Bonchev–Trinajstić information content (AvgIpc) is 3.04. The molecule has 0 fully saturated rings. The first-order chi connectivity index (χ1) is 11.9. The van der Waals surface area contributed by atoms with Gasteiger partial charge in [-0.05, 0) is 6.07 Å². The lowest BCUT2D eigenvalue weighted by atomic mass is 10.2. The summed E-state index contributed by atoms with van der Waals surface area (Å²) < 4.78 is 6.15. The number of nitro benzene ring substituents is 1. The maximum absolute atomic E-state index is 11.8. The Morgan fingerprint density at radius 2 is 2.04 bits per heavy atom. The van der Waals surface area contributed by atoms with Crippen molar-refractivity contribution in [1.29, 1.82) is 0 Å². The van der Waals surface area contributed by atoms with Gasteiger partial charge in [0, 0.05) is 30.9 Å². The first kappa shape index (κ1) is 17.6. The van der Waals surface area contributed by atoms with Gasteiger partial charge in [0.1, 0.15) is 0 Å². The van der Waals surface area contributed by atoms with Crippen LogP contribution in [-0.2, 0) is 16.6 Å². The normalized spacial score (nSPS) is 9.96. The molecule has 0 atom stereocenters. The average molecular weight is 347 g/mol. The molecule has 0 bridgehead atoms. The summed E-state index contributed by atoms with van der Waals surface area (Å²) in [6.07, 6.45) is 2.70. The minimum atomic E-state index is -0.781. The lowest BCUT2D eigenvalue weighted by molar-refractivity contribution is -0.384. The van der Waals surface area contributed by atoms with Crippen LogP contribution in [0.3, 0.4) is 0 Å². The Morgan fingerprint density at radius 1 is 1.28 bits per heavy atom. The zero-order chi connectivity index (χ0) is 18.4. The van der Waals surface area contributed by atoms with Crippen LogP contribution in [-0.4, -0.2) is 39.1 Å². The van der Waals surface area contributed by atoms with Crippen LogP contribution in [0, 0.1) is 10.1 Å². The zero-order valence-corrected chi connectivity index (χ0v) is 13.0. The van der Waals surface area contributed by atoms with Gasteiger partial charge in [0.05, 0.1) is 16.7 Å². The van der Waals surface area contributed by atoms with Gasteiger partial charge in [-0.1, -0.05) is 6.07 Å². The molecule has 0 aliphatic carbocycles. The number of hydrogen-bond donors (Lipinski definition) is 2. The molecule has 1 heterocycles. The van der Waals surface area contributed by atoms with Gasteiger partial charge in [-0.3, -0.25) is 35.2 Å². The maximum Gasteiger partial charge on any atom is 0.341 e. The number of aryl methyl sites for hydroxylation is 1. The quantitative estimate of drug-likeness (QED) is 0.438. The van der Waals surface area contributed by atoms with Crippen molar-refractivity contribution >= 4 is 23.5 Å². The molecule has 2 rings (SSSR count). The van der Waals surface area contributed by atoms with Crippen molar-refractivity contribution in [3.05, 3.63) is 57.9 Å². The van der Waals surface area contributed by atoms with Crippen molar-refractivity contribution in [1.82, 2.24) is 20.6 Å². The lowest BCUT2D eigenvalue weighted by Gasteiger charge is -2.07. The van der Waals surface area contributed by atoms with Gasteiger partial charge in [-0.25, -0.2) is 4.79 Å². The minimum absolute atomic E-state index is 0.0122. The molecule has 0 saturated heterocycles. The van der Waals surface area contributed by atoms with E-state index in [9.17, 15) is 24.5 Å². The molecule has 0 aliphatic heterocycles. The molecule has 130 valence electrons. The monoisotopic (exact) mass is 347 g/mol. The fourth-order valence-corrected chi connectivity index (χ4v) is 1.74. The van der Waals surface area contributed by atoms with Gasteiger partial charge >= 0.3 is 5.97 Å². The van der Waals surface area contributed by atoms with E-state index in [-0.39, 0.29) is 16.8 Å². The molecule has 0 unspecified atom stereocenters. The van der Waals surface area contributed by atoms with E-state index >= 15 is 0 Å². The number of rotatable bonds is 5. The zero-order valence-electron chi connectivity index (χ0n) is 13.0. The van der Waals surface area contributed by atoms with E-state index in [1.807, 2.05) is 5.43 Å². The molecule has 1 aromatic carbocycles. The van der Waals surface area contributed by atoms with Crippen molar-refractivity contribution in [2.75, 3.05) is 6.61 Å². The number of amides is 2. The Hall–Kier alpha value is -3.76. The Labute approximate surface area is 140 Å². The van der Waals surface area contributed by atoms with E-state index < -0.39 is 29.3 Å². The predicted octanol–water partition coefficient (Wildman–Crippen LogP) is -0.0537. The number of carbonyl (C=O) groups is 3. The smallest absolute Gasteiger partial charge is 0.341 e. The maximum atomic E-state index is 11.8. The summed E-state index contributed by atoms with van der Waals surface area (Å²) in [7, 11) is 1.62. The number of nitrogens with one attached hydrogen (secondary N) is 2. The lowest BCUT2D eigenvalue weighted by Crippen LogP contribution is -2.43. The number of ether oxygens (including phenoxy) is 1. The molecule has 0 saturated carbocycles. The first-order valence-corrected chi connectivity index (χ1v) is 6.86. The van der Waals surface area contributed by atoms with Crippen LogP contribution in [0.1, 0.15) is 20.7 Å². The molecule has 1 aromatic heterocycles. The van der Waals surface area contributed by atoms with Gasteiger partial charge in [-0.15, -0.1) is 0 Å². The molecule has 2 amide bonds. The summed E-state index contributed by atoms with van der Waals surface area (Å²) in [4.78, 5) is 45.0. The molecule has 11 heteroatoms. The molecule has 2 N–H and O–H groups in total. The van der Waals surface area contributed by atoms with E-state index in [2.05, 4.69) is 10.5 Å². The van der Waals surface area contributed by atoms with Crippen LogP contribution in [0.2, 0.25) is 0 Å². The molecule has 0 spiro atoms. The summed E-state index contributed by atoms with van der Waals surface area (Å²) in [6.45, 7) is -0.622. The standard InChI is InChI=1S/C14H13N5O6/c1-18-7-10(6-15-18)14(22)25-8-12(20)16-17-13(21)9-3-2-4-11(5-9)19(23)24/h2-7H,8H2,1H3,(H,16,20)(H,17,21). The Balaban J connectivity index is 1.81. The Kier molecular flexibility index (Phi) is 5.40. The SMILES string of the molecule is Cn1cc(C(=O)OCC(=O)NNC(=O)c2cccc([N+](=O)[O-])c2)cn1. The third-order valence-electron chi connectivity index (χ3n) is 2.91. The van der Waals surface area contributed by atoms with E-state index in [0.29, 0.717) is 0 Å². The van der Waals surface area contributed by atoms with Crippen LogP contribution < -0.4 is 10.9 Å². The van der Waals surface area contributed by atoms with E-state index in [4.69, 9.17) is 4.74 Å². The van der Waals surface area contributed by atoms with Gasteiger partial charge < -0.3 is 4.74 Å². The molecular weight excluding hydrogens is 334 g/mol. The van der Waals surface area contributed by atoms with Crippen LogP contribution in [0.5, 0.6) is 0 Å². The van der Waals surface area contributed by atoms with Crippen molar-refractivity contribution in [2.45, 2.75) is 0 Å². The molecule has 0 radical (unpaired) electrons. The molecule has 11 nitrogen and oxygen atoms in total. The highest BCUT2D eigenvalue weighted by Gasteiger charge is 2.14.